The van der Waals surface area contributed by atoms with Crippen LogP contribution in [0.2, 0.25) is 0 Å². The van der Waals surface area contributed by atoms with Crippen molar-refractivity contribution in [1.29, 1.82) is 0 Å². The van der Waals surface area contributed by atoms with E-state index in [0.29, 0.717) is 13.0 Å². The van der Waals surface area contributed by atoms with E-state index >= 15 is 0 Å². The molecule has 1 spiro atoms. The van der Waals surface area contributed by atoms with Gasteiger partial charge in [0, 0.05) is 33.1 Å². The van der Waals surface area contributed by atoms with Gasteiger partial charge in [0.15, 0.2) is 0 Å². The Balaban J connectivity index is 2.20. The molecule has 0 radical (unpaired) electrons. The first-order valence-corrected chi connectivity index (χ1v) is 13.2. The minimum absolute atomic E-state index is 0.0229. The highest BCUT2D eigenvalue weighted by molar-refractivity contribution is 5.67. The standard InChI is InChI=1S/C29H44O7/c1-9-11-14-33-24-17-29-23(26(34-20(5)30)36-27(29)35-21(6)31)15-22(32-8)16-25(29)28(7,19(24)4)13-12-18(3)10-2/h10,12,15,19,22,24-27H,2,9,11,13-14,16-17H2,1,3-8H3/b18-12+/t19-,22+,24+,25+,26+,27-,28-,29-/m1/s1. The highest BCUT2D eigenvalue weighted by Gasteiger charge is 2.69. The van der Waals surface area contributed by atoms with Crippen molar-refractivity contribution in [2.24, 2.45) is 22.7 Å². The molecule has 36 heavy (non-hydrogen) atoms. The number of esters is 2. The molecule has 0 amide bonds. The Morgan fingerprint density at radius 1 is 1.22 bits per heavy atom. The molecule has 2 aliphatic carbocycles. The number of allylic oxidation sites excluding steroid dienone is 3. The predicted molar refractivity (Wildman–Crippen MR) is 137 cm³/mol. The molecule has 2 fully saturated rings. The van der Waals surface area contributed by atoms with Crippen molar-refractivity contribution in [3.63, 3.8) is 0 Å². The van der Waals surface area contributed by atoms with E-state index in [1.807, 2.05) is 12.2 Å². The van der Waals surface area contributed by atoms with Gasteiger partial charge in [0.25, 0.3) is 0 Å². The smallest absolute Gasteiger partial charge is 0.305 e. The lowest BCUT2D eigenvalue weighted by Gasteiger charge is -2.60. The fourth-order valence-corrected chi connectivity index (χ4v) is 6.50. The van der Waals surface area contributed by atoms with Gasteiger partial charge >= 0.3 is 11.9 Å². The highest BCUT2D eigenvalue weighted by atomic mass is 16.8. The predicted octanol–water partition coefficient (Wildman–Crippen LogP) is 5.50. The fourth-order valence-electron chi connectivity index (χ4n) is 6.50. The quantitative estimate of drug-likeness (QED) is 0.168. The van der Waals surface area contributed by atoms with Gasteiger partial charge in [0.2, 0.25) is 12.6 Å². The summed E-state index contributed by atoms with van der Waals surface area (Å²) in [5.41, 5.74) is 0.981. The molecule has 1 heterocycles. The summed E-state index contributed by atoms with van der Waals surface area (Å²) in [7, 11) is 1.69. The lowest BCUT2D eigenvalue weighted by atomic mass is 9.45. The van der Waals surface area contributed by atoms with Crippen LogP contribution in [0.3, 0.4) is 0 Å². The third kappa shape index (κ3) is 5.34. The second-order valence-corrected chi connectivity index (χ2v) is 10.9. The van der Waals surface area contributed by atoms with E-state index in [-0.39, 0.29) is 29.5 Å². The molecule has 1 aliphatic heterocycles. The van der Waals surface area contributed by atoms with E-state index in [4.69, 9.17) is 23.7 Å². The molecule has 1 saturated heterocycles. The number of carbonyl (C=O) groups is 2. The molecule has 1 saturated carbocycles. The van der Waals surface area contributed by atoms with Crippen LogP contribution in [-0.2, 0) is 33.3 Å². The average Bonchev–Trinajstić information content (AvgIpc) is 3.10. The molecule has 8 atom stereocenters. The molecule has 202 valence electrons. The second kappa shape index (κ2) is 11.6. The summed E-state index contributed by atoms with van der Waals surface area (Å²) in [6.07, 6.45) is 8.17. The summed E-state index contributed by atoms with van der Waals surface area (Å²) < 4.78 is 30.1. The number of hydrogen-bond donors (Lipinski definition) is 0. The highest BCUT2D eigenvalue weighted by Crippen LogP contribution is 2.67. The summed E-state index contributed by atoms with van der Waals surface area (Å²) in [4.78, 5) is 24.3. The molecule has 0 unspecified atom stereocenters. The van der Waals surface area contributed by atoms with Crippen LogP contribution in [0, 0.1) is 22.7 Å². The van der Waals surface area contributed by atoms with Gasteiger partial charge in [-0.3, -0.25) is 14.3 Å². The average molecular weight is 505 g/mol. The van der Waals surface area contributed by atoms with E-state index in [1.165, 1.54) is 13.8 Å². The summed E-state index contributed by atoms with van der Waals surface area (Å²) in [6, 6.07) is 0. The van der Waals surface area contributed by atoms with Crippen molar-refractivity contribution >= 4 is 11.9 Å². The number of carbonyl (C=O) groups excluding carboxylic acids is 2. The first kappa shape index (κ1) is 28.6. The van der Waals surface area contributed by atoms with E-state index in [9.17, 15) is 9.59 Å². The number of unbranched alkanes of at least 4 members (excludes halogenated alkanes) is 1. The Morgan fingerprint density at radius 2 is 1.92 bits per heavy atom. The molecule has 0 bridgehead atoms. The third-order valence-corrected chi connectivity index (χ3v) is 8.71. The van der Waals surface area contributed by atoms with Crippen molar-refractivity contribution in [1.82, 2.24) is 0 Å². The Morgan fingerprint density at radius 3 is 2.50 bits per heavy atom. The molecule has 0 aromatic heterocycles. The summed E-state index contributed by atoms with van der Waals surface area (Å²) >= 11 is 0. The van der Waals surface area contributed by atoms with Gasteiger partial charge in [-0.2, -0.15) is 0 Å². The van der Waals surface area contributed by atoms with Gasteiger partial charge in [0.1, 0.15) is 0 Å². The zero-order valence-electron chi connectivity index (χ0n) is 23.0. The lowest BCUT2D eigenvalue weighted by Crippen LogP contribution is -2.61. The monoisotopic (exact) mass is 504 g/mol. The van der Waals surface area contributed by atoms with Crippen molar-refractivity contribution in [3.8, 4) is 0 Å². The zero-order valence-corrected chi connectivity index (χ0v) is 23.0. The molecule has 0 aromatic rings. The Kier molecular flexibility index (Phi) is 9.23. The lowest BCUT2D eigenvalue weighted by molar-refractivity contribution is -0.247. The van der Waals surface area contributed by atoms with E-state index < -0.39 is 29.9 Å². The van der Waals surface area contributed by atoms with Gasteiger partial charge in [-0.15, -0.1) is 0 Å². The van der Waals surface area contributed by atoms with Crippen molar-refractivity contribution in [2.45, 2.75) is 98.4 Å². The molecule has 0 aromatic carbocycles. The van der Waals surface area contributed by atoms with Crippen LogP contribution in [-0.4, -0.2) is 50.4 Å². The molecule has 7 heteroatoms. The fraction of sp³-hybridized carbons (Fsp3) is 0.724. The Labute approximate surface area is 216 Å². The van der Waals surface area contributed by atoms with Crippen molar-refractivity contribution < 1.29 is 33.3 Å². The van der Waals surface area contributed by atoms with Crippen LogP contribution in [0.4, 0.5) is 0 Å². The van der Waals surface area contributed by atoms with Crippen LogP contribution in [0.1, 0.15) is 73.6 Å². The van der Waals surface area contributed by atoms with E-state index in [1.54, 1.807) is 7.11 Å². The SMILES string of the molecule is C=C/C(C)=C/C[C@]1(C)[C@H](C)[C@@H](OCCCC)C[C@@]23C(=C[C@H](OC)C[C@@H]12)[C@@H](OC(C)=O)O[C@H]3OC(C)=O. The maximum absolute atomic E-state index is 12.3. The molecule has 3 aliphatic rings. The molecular formula is C29H44O7. The number of hydrogen-bond acceptors (Lipinski definition) is 7. The second-order valence-electron chi connectivity index (χ2n) is 10.9. The maximum Gasteiger partial charge on any atom is 0.305 e. The first-order chi connectivity index (χ1) is 17.0. The molecule has 7 nitrogen and oxygen atoms in total. The number of methoxy groups -OCH3 is 1. The summed E-state index contributed by atoms with van der Waals surface area (Å²) in [6.45, 7) is 16.1. The topological polar surface area (TPSA) is 80.3 Å². The summed E-state index contributed by atoms with van der Waals surface area (Å²) in [5.74, 6) is -0.657. The first-order valence-electron chi connectivity index (χ1n) is 13.2. The summed E-state index contributed by atoms with van der Waals surface area (Å²) in [5, 5.41) is 0. The van der Waals surface area contributed by atoms with Crippen LogP contribution in [0.5, 0.6) is 0 Å². The molecular weight excluding hydrogens is 460 g/mol. The minimum Gasteiger partial charge on any atom is -0.435 e. The van der Waals surface area contributed by atoms with Gasteiger partial charge in [0.05, 0.1) is 17.6 Å². The molecule has 3 rings (SSSR count). The largest absolute Gasteiger partial charge is 0.435 e. The third-order valence-electron chi connectivity index (χ3n) is 8.71. The number of ether oxygens (including phenoxy) is 5. The van der Waals surface area contributed by atoms with Crippen molar-refractivity contribution in [2.75, 3.05) is 13.7 Å². The van der Waals surface area contributed by atoms with E-state index in [0.717, 1.165) is 36.8 Å². The van der Waals surface area contributed by atoms with Crippen LogP contribution in [0.25, 0.3) is 0 Å². The van der Waals surface area contributed by atoms with Gasteiger partial charge in [-0.1, -0.05) is 51.5 Å². The zero-order chi connectivity index (χ0) is 26.7. The van der Waals surface area contributed by atoms with Crippen LogP contribution in [0.15, 0.2) is 36.0 Å². The van der Waals surface area contributed by atoms with Gasteiger partial charge in [-0.25, -0.2) is 0 Å². The molecule has 0 N–H and O–H groups in total. The normalized spacial score (nSPS) is 38.0. The van der Waals surface area contributed by atoms with Gasteiger partial charge < -0.3 is 18.9 Å². The van der Waals surface area contributed by atoms with Crippen LogP contribution >= 0.6 is 0 Å². The minimum atomic E-state index is -0.938. The van der Waals surface area contributed by atoms with Gasteiger partial charge in [-0.05, 0) is 55.9 Å². The van der Waals surface area contributed by atoms with Crippen molar-refractivity contribution in [3.05, 3.63) is 36.0 Å². The Hall–Kier alpha value is -1.96. The van der Waals surface area contributed by atoms with Crippen LogP contribution < -0.4 is 0 Å². The Bertz CT molecular complexity index is 892. The van der Waals surface area contributed by atoms with E-state index in [2.05, 4.69) is 40.3 Å². The number of rotatable bonds is 10. The maximum atomic E-state index is 12.3.